The van der Waals surface area contributed by atoms with Gasteiger partial charge in [-0.2, -0.15) is 0 Å². The maximum Gasteiger partial charge on any atom is 0.306 e. The van der Waals surface area contributed by atoms with Gasteiger partial charge in [0, 0.05) is 17.6 Å². The number of ether oxygens (including phenoxy) is 1. The fourth-order valence-corrected chi connectivity index (χ4v) is 2.71. The molecule has 1 aromatic carbocycles. The summed E-state index contributed by atoms with van der Waals surface area (Å²) in [5.74, 6) is -0.858. The molecule has 1 aliphatic heterocycles. The topological polar surface area (TPSA) is 66.8 Å². The second-order valence-corrected chi connectivity index (χ2v) is 6.18. The number of aliphatic carboxylic acids is 1. The molecule has 1 heterocycles. The zero-order chi connectivity index (χ0) is 15.4. The molecule has 1 amide bonds. The van der Waals surface area contributed by atoms with Crippen molar-refractivity contribution in [1.29, 1.82) is 0 Å². The summed E-state index contributed by atoms with van der Waals surface area (Å²) < 4.78 is 6.25. The quantitative estimate of drug-likeness (QED) is 0.877. The largest absolute Gasteiger partial charge is 0.482 e. The van der Waals surface area contributed by atoms with E-state index in [1.54, 1.807) is 23.1 Å². The van der Waals surface area contributed by atoms with E-state index in [1.807, 2.05) is 0 Å². The second kappa shape index (κ2) is 7.13. The van der Waals surface area contributed by atoms with Gasteiger partial charge in [-0.3, -0.25) is 9.59 Å². The molecule has 114 valence electrons. The molecule has 0 saturated carbocycles. The summed E-state index contributed by atoms with van der Waals surface area (Å²) in [6.45, 7) is 0.796. The molecule has 0 unspecified atom stereocenters. The number of hydrogen-bond acceptors (Lipinski definition) is 3. The maximum atomic E-state index is 12.0. The molecule has 0 radical (unpaired) electrons. The lowest BCUT2D eigenvalue weighted by atomic mass is 9.97. The van der Waals surface area contributed by atoms with Crippen LogP contribution in [-0.4, -0.2) is 41.6 Å². The number of rotatable bonds is 4. The highest BCUT2D eigenvalue weighted by molar-refractivity contribution is 9.10. The van der Waals surface area contributed by atoms with Crippen LogP contribution in [0.2, 0.25) is 5.02 Å². The minimum atomic E-state index is -0.792. The molecule has 0 aromatic heterocycles. The molecule has 5 nitrogen and oxygen atoms in total. The van der Waals surface area contributed by atoms with E-state index in [0.717, 1.165) is 4.47 Å². The van der Waals surface area contributed by atoms with Gasteiger partial charge in [0.2, 0.25) is 0 Å². The molecule has 1 N–H and O–H groups in total. The normalized spacial score (nSPS) is 15.8. The van der Waals surface area contributed by atoms with Crippen LogP contribution in [0.25, 0.3) is 0 Å². The summed E-state index contributed by atoms with van der Waals surface area (Å²) in [6.07, 6.45) is 0.970. The molecule has 1 aromatic rings. The average Bonchev–Trinajstić information content (AvgIpc) is 2.48. The van der Waals surface area contributed by atoms with Crippen LogP contribution >= 0.6 is 27.5 Å². The molecule has 0 aliphatic carbocycles. The fraction of sp³-hybridized carbons (Fsp3) is 0.429. The van der Waals surface area contributed by atoms with E-state index in [1.165, 1.54) is 0 Å². The van der Waals surface area contributed by atoms with E-state index in [4.69, 9.17) is 21.4 Å². The Balaban J connectivity index is 1.85. The van der Waals surface area contributed by atoms with Gasteiger partial charge < -0.3 is 14.7 Å². The summed E-state index contributed by atoms with van der Waals surface area (Å²) in [5, 5.41) is 9.36. The van der Waals surface area contributed by atoms with Gasteiger partial charge in [-0.25, -0.2) is 0 Å². The monoisotopic (exact) mass is 375 g/mol. The number of carboxylic acids is 1. The van der Waals surface area contributed by atoms with Crippen molar-refractivity contribution in [2.75, 3.05) is 19.7 Å². The maximum absolute atomic E-state index is 12.0. The zero-order valence-corrected chi connectivity index (χ0v) is 13.6. The number of hydrogen-bond donors (Lipinski definition) is 1. The number of nitrogens with zero attached hydrogens (tertiary/aromatic N) is 1. The predicted molar refractivity (Wildman–Crippen MR) is 81.6 cm³/mol. The Morgan fingerprint density at radius 3 is 2.67 bits per heavy atom. The highest BCUT2D eigenvalue weighted by Gasteiger charge is 2.27. The molecular formula is C14H15BrClNO4. The zero-order valence-electron chi connectivity index (χ0n) is 11.2. The number of carbonyl (C=O) groups is 2. The third-order valence-electron chi connectivity index (χ3n) is 3.44. The highest BCUT2D eigenvalue weighted by Crippen LogP contribution is 2.28. The average molecular weight is 377 g/mol. The van der Waals surface area contributed by atoms with Gasteiger partial charge in [0.05, 0.1) is 10.9 Å². The molecule has 0 bridgehead atoms. The SMILES string of the molecule is O=C(O)C1CCN(C(=O)COc2cc(Br)ccc2Cl)CC1. The molecule has 21 heavy (non-hydrogen) atoms. The summed E-state index contributed by atoms with van der Waals surface area (Å²) in [4.78, 5) is 24.5. The summed E-state index contributed by atoms with van der Waals surface area (Å²) in [6, 6.07) is 5.17. The van der Waals surface area contributed by atoms with E-state index in [-0.39, 0.29) is 18.4 Å². The molecule has 1 saturated heterocycles. The lowest BCUT2D eigenvalue weighted by Gasteiger charge is -2.30. The second-order valence-electron chi connectivity index (χ2n) is 4.86. The lowest BCUT2D eigenvalue weighted by molar-refractivity contribution is -0.146. The number of carboxylic acid groups (broad SMARTS) is 1. The van der Waals surface area contributed by atoms with Crippen LogP contribution in [0.5, 0.6) is 5.75 Å². The number of piperidine rings is 1. The fourth-order valence-electron chi connectivity index (χ4n) is 2.19. The molecule has 7 heteroatoms. The van der Waals surface area contributed by atoms with Crippen molar-refractivity contribution in [2.45, 2.75) is 12.8 Å². The number of benzene rings is 1. The van der Waals surface area contributed by atoms with Crippen molar-refractivity contribution in [3.05, 3.63) is 27.7 Å². The summed E-state index contributed by atoms with van der Waals surface area (Å²) in [5.41, 5.74) is 0. The van der Waals surface area contributed by atoms with E-state index >= 15 is 0 Å². The van der Waals surface area contributed by atoms with E-state index < -0.39 is 5.97 Å². The predicted octanol–water partition coefficient (Wildman–Crippen LogP) is 2.80. The van der Waals surface area contributed by atoms with Crippen molar-refractivity contribution in [3.63, 3.8) is 0 Å². The van der Waals surface area contributed by atoms with Crippen LogP contribution in [0.15, 0.2) is 22.7 Å². The van der Waals surface area contributed by atoms with Crippen molar-refractivity contribution >= 4 is 39.4 Å². The van der Waals surface area contributed by atoms with Gasteiger partial charge in [0.25, 0.3) is 5.91 Å². The Kier molecular flexibility index (Phi) is 5.47. The highest BCUT2D eigenvalue weighted by atomic mass is 79.9. The van der Waals surface area contributed by atoms with Gasteiger partial charge >= 0.3 is 5.97 Å². The Morgan fingerprint density at radius 1 is 1.38 bits per heavy atom. The van der Waals surface area contributed by atoms with E-state index in [0.29, 0.717) is 36.7 Å². The van der Waals surface area contributed by atoms with E-state index in [2.05, 4.69) is 15.9 Å². The molecular weight excluding hydrogens is 362 g/mol. The molecule has 2 rings (SSSR count). The smallest absolute Gasteiger partial charge is 0.306 e. The first-order valence-corrected chi connectivity index (χ1v) is 7.73. The Bertz CT molecular complexity index is 544. The third-order valence-corrected chi connectivity index (χ3v) is 4.25. The first kappa shape index (κ1) is 16.1. The van der Waals surface area contributed by atoms with Gasteiger partial charge in [-0.15, -0.1) is 0 Å². The van der Waals surface area contributed by atoms with Crippen molar-refractivity contribution in [3.8, 4) is 5.75 Å². The molecule has 0 atom stereocenters. The van der Waals surface area contributed by atoms with Crippen molar-refractivity contribution < 1.29 is 19.4 Å². The van der Waals surface area contributed by atoms with Crippen LogP contribution in [0, 0.1) is 5.92 Å². The minimum absolute atomic E-state index is 0.103. The van der Waals surface area contributed by atoms with Crippen LogP contribution in [0.3, 0.4) is 0 Å². The molecule has 1 aliphatic rings. The number of amides is 1. The number of carbonyl (C=O) groups excluding carboxylic acids is 1. The molecule has 1 fully saturated rings. The van der Waals surface area contributed by atoms with Crippen molar-refractivity contribution in [1.82, 2.24) is 4.90 Å². The first-order valence-electron chi connectivity index (χ1n) is 6.56. The first-order chi connectivity index (χ1) is 9.97. The molecule has 0 spiro atoms. The van der Waals surface area contributed by atoms with Gasteiger partial charge in [0.1, 0.15) is 5.75 Å². The van der Waals surface area contributed by atoms with Crippen LogP contribution in [-0.2, 0) is 9.59 Å². The lowest BCUT2D eigenvalue weighted by Crippen LogP contribution is -2.42. The summed E-state index contributed by atoms with van der Waals surface area (Å²) in [7, 11) is 0. The minimum Gasteiger partial charge on any atom is -0.482 e. The van der Waals surface area contributed by atoms with Crippen LogP contribution in [0.4, 0.5) is 0 Å². The number of likely N-dealkylation sites (tertiary alicyclic amines) is 1. The Labute approximate surface area is 136 Å². The Morgan fingerprint density at radius 2 is 2.05 bits per heavy atom. The van der Waals surface area contributed by atoms with Crippen LogP contribution < -0.4 is 4.74 Å². The number of halogens is 2. The van der Waals surface area contributed by atoms with Gasteiger partial charge in [-0.05, 0) is 31.0 Å². The van der Waals surface area contributed by atoms with Gasteiger partial charge in [0.15, 0.2) is 6.61 Å². The van der Waals surface area contributed by atoms with Crippen molar-refractivity contribution in [2.24, 2.45) is 5.92 Å². The van der Waals surface area contributed by atoms with E-state index in [9.17, 15) is 9.59 Å². The van der Waals surface area contributed by atoms with Crippen LogP contribution in [0.1, 0.15) is 12.8 Å². The summed E-state index contributed by atoms with van der Waals surface area (Å²) >= 11 is 9.29. The van der Waals surface area contributed by atoms with Gasteiger partial charge in [-0.1, -0.05) is 27.5 Å². The Hall–Kier alpha value is -1.27. The third kappa shape index (κ3) is 4.35. The standard InChI is InChI=1S/C14H15BrClNO4/c15-10-1-2-11(16)12(7-10)21-8-13(18)17-5-3-9(4-6-17)14(19)20/h1-2,7,9H,3-6,8H2,(H,19,20).